The highest BCUT2D eigenvalue weighted by atomic mass is 35.5. The van der Waals surface area contributed by atoms with Crippen LogP contribution in [-0.4, -0.2) is 12.5 Å². The highest BCUT2D eigenvalue weighted by molar-refractivity contribution is 6.17. The van der Waals surface area contributed by atoms with E-state index in [2.05, 4.69) is 56.3 Å². The Morgan fingerprint density at radius 2 is 1.45 bits per heavy atom. The predicted octanol–water partition coefficient (Wildman–Crippen LogP) is 6.01. The highest BCUT2D eigenvalue weighted by Crippen LogP contribution is 2.38. The van der Waals surface area contributed by atoms with Crippen molar-refractivity contribution in [2.45, 2.75) is 26.7 Å². The van der Waals surface area contributed by atoms with Crippen molar-refractivity contribution < 1.29 is 4.74 Å². The Morgan fingerprint density at radius 3 is 2.00 bits per heavy atom. The summed E-state index contributed by atoms with van der Waals surface area (Å²) in [4.78, 5) is 0. The van der Waals surface area contributed by atoms with Crippen molar-refractivity contribution >= 4 is 33.1 Å². The van der Waals surface area contributed by atoms with Gasteiger partial charge in [-0.1, -0.05) is 36.4 Å². The summed E-state index contributed by atoms with van der Waals surface area (Å²) < 4.78 is 6.24. The van der Waals surface area contributed by atoms with Crippen LogP contribution in [0.5, 0.6) is 5.75 Å². The van der Waals surface area contributed by atoms with Gasteiger partial charge in [-0.15, -0.1) is 11.6 Å². The molecular formula is C20H21ClO. The molecule has 0 saturated heterocycles. The molecule has 0 atom stereocenters. The summed E-state index contributed by atoms with van der Waals surface area (Å²) in [5.41, 5.74) is 2.52. The van der Waals surface area contributed by atoms with Crippen LogP contribution >= 0.6 is 11.6 Å². The molecule has 114 valence electrons. The maximum absolute atomic E-state index is 6.24. The molecule has 0 fully saturated rings. The topological polar surface area (TPSA) is 9.23 Å². The summed E-state index contributed by atoms with van der Waals surface area (Å²) in [6.45, 7) is 5.01. The Hall–Kier alpha value is -1.73. The molecule has 1 nitrogen and oxygen atoms in total. The van der Waals surface area contributed by atoms with Gasteiger partial charge in [-0.3, -0.25) is 0 Å². The minimum atomic E-state index is 0.692. The summed E-state index contributed by atoms with van der Waals surface area (Å²) in [7, 11) is 0. The van der Waals surface area contributed by atoms with Gasteiger partial charge in [0.2, 0.25) is 0 Å². The largest absolute Gasteiger partial charge is 0.492 e. The minimum Gasteiger partial charge on any atom is -0.492 e. The molecule has 0 amide bonds. The molecule has 3 aromatic carbocycles. The lowest BCUT2D eigenvalue weighted by Crippen LogP contribution is -2.00. The van der Waals surface area contributed by atoms with Gasteiger partial charge in [0.05, 0.1) is 6.61 Å². The molecule has 0 radical (unpaired) electrons. The van der Waals surface area contributed by atoms with Crippen LogP contribution < -0.4 is 4.74 Å². The lowest BCUT2D eigenvalue weighted by molar-refractivity contribution is 0.316. The third-order valence-electron chi connectivity index (χ3n) is 4.15. The van der Waals surface area contributed by atoms with Crippen molar-refractivity contribution in [2.75, 3.05) is 12.5 Å². The van der Waals surface area contributed by atoms with Gasteiger partial charge in [0, 0.05) is 16.7 Å². The SMILES string of the molecule is Cc1cccc2cc3cccc(C)c3c(OCCCCCl)c12. The molecule has 0 spiro atoms. The van der Waals surface area contributed by atoms with E-state index in [-0.39, 0.29) is 0 Å². The van der Waals surface area contributed by atoms with E-state index in [1.54, 1.807) is 0 Å². The monoisotopic (exact) mass is 312 g/mol. The van der Waals surface area contributed by atoms with Crippen LogP contribution in [0.4, 0.5) is 0 Å². The van der Waals surface area contributed by atoms with Gasteiger partial charge < -0.3 is 4.74 Å². The number of unbranched alkanes of at least 4 members (excludes halogenated alkanes) is 1. The van der Waals surface area contributed by atoms with Crippen molar-refractivity contribution in [3.63, 3.8) is 0 Å². The molecule has 0 aromatic heterocycles. The average Bonchev–Trinajstić information content (AvgIpc) is 2.51. The summed E-state index contributed by atoms with van der Waals surface area (Å²) >= 11 is 5.77. The standard InChI is InChI=1S/C20H21ClO/c1-14-7-5-9-16-13-17-10-6-8-15(2)19(17)20(18(14)16)22-12-4-3-11-21/h5-10,13H,3-4,11-12H2,1-2H3. The van der Waals surface area contributed by atoms with Crippen LogP contribution in [0.2, 0.25) is 0 Å². The number of alkyl halides is 1. The molecule has 3 aromatic rings. The summed E-state index contributed by atoms with van der Waals surface area (Å²) in [6.07, 6.45) is 1.97. The van der Waals surface area contributed by atoms with E-state index < -0.39 is 0 Å². The molecular weight excluding hydrogens is 292 g/mol. The fourth-order valence-electron chi connectivity index (χ4n) is 3.05. The van der Waals surface area contributed by atoms with Crippen molar-refractivity contribution in [3.8, 4) is 5.75 Å². The minimum absolute atomic E-state index is 0.692. The maximum Gasteiger partial charge on any atom is 0.135 e. The number of fused-ring (bicyclic) bond motifs is 2. The molecule has 0 heterocycles. The van der Waals surface area contributed by atoms with E-state index in [0.717, 1.165) is 18.6 Å². The zero-order valence-corrected chi connectivity index (χ0v) is 13.9. The predicted molar refractivity (Wildman–Crippen MR) is 96.4 cm³/mol. The van der Waals surface area contributed by atoms with Crippen LogP contribution in [0, 0.1) is 13.8 Å². The molecule has 3 rings (SSSR count). The Labute approximate surface area is 136 Å². The number of ether oxygens (including phenoxy) is 1. The van der Waals surface area contributed by atoms with Gasteiger partial charge in [-0.2, -0.15) is 0 Å². The summed E-state index contributed by atoms with van der Waals surface area (Å²) in [6, 6.07) is 15.1. The average molecular weight is 313 g/mol. The van der Waals surface area contributed by atoms with Crippen LogP contribution in [0.25, 0.3) is 21.5 Å². The third-order valence-corrected chi connectivity index (χ3v) is 4.42. The van der Waals surface area contributed by atoms with Gasteiger partial charge in [0.15, 0.2) is 0 Å². The Morgan fingerprint density at radius 1 is 0.864 bits per heavy atom. The molecule has 22 heavy (non-hydrogen) atoms. The fourth-order valence-corrected chi connectivity index (χ4v) is 3.24. The first-order valence-electron chi connectivity index (χ1n) is 7.83. The molecule has 0 aliphatic heterocycles. The zero-order chi connectivity index (χ0) is 15.5. The number of rotatable bonds is 5. The second-order valence-electron chi connectivity index (χ2n) is 5.80. The van der Waals surface area contributed by atoms with Crippen LogP contribution in [-0.2, 0) is 0 Å². The van der Waals surface area contributed by atoms with Gasteiger partial charge in [-0.25, -0.2) is 0 Å². The van der Waals surface area contributed by atoms with Gasteiger partial charge in [0.25, 0.3) is 0 Å². The number of aryl methyl sites for hydroxylation is 2. The van der Waals surface area contributed by atoms with E-state index in [0.29, 0.717) is 12.5 Å². The van der Waals surface area contributed by atoms with Crippen molar-refractivity contribution in [1.82, 2.24) is 0 Å². The summed E-state index contributed by atoms with van der Waals surface area (Å²) in [5.74, 6) is 1.72. The second-order valence-corrected chi connectivity index (χ2v) is 6.17. The van der Waals surface area contributed by atoms with E-state index in [4.69, 9.17) is 16.3 Å². The van der Waals surface area contributed by atoms with Gasteiger partial charge >= 0.3 is 0 Å². The lowest BCUT2D eigenvalue weighted by atomic mass is 9.96. The van der Waals surface area contributed by atoms with Crippen LogP contribution in [0.3, 0.4) is 0 Å². The first-order chi connectivity index (χ1) is 10.7. The van der Waals surface area contributed by atoms with Crippen molar-refractivity contribution in [3.05, 3.63) is 53.6 Å². The normalized spacial score (nSPS) is 11.2. The lowest BCUT2D eigenvalue weighted by Gasteiger charge is -2.16. The zero-order valence-electron chi connectivity index (χ0n) is 13.2. The Balaban J connectivity index is 2.21. The smallest absolute Gasteiger partial charge is 0.135 e. The van der Waals surface area contributed by atoms with E-state index in [1.807, 2.05) is 0 Å². The molecule has 0 bridgehead atoms. The molecule has 0 unspecified atom stereocenters. The van der Waals surface area contributed by atoms with E-state index in [9.17, 15) is 0 Å². The van der Waals surface area contributed by atoms with Gasteiger partial charge in [0.1, 0.15) is 5.75 Å². The number of hydrogen-bond acceptors (Lipinski definition) is 1. The first-order valence-corrected chi connectivity index (χ1v) is 8.36. The van der Waals surface area contributed by atoms with Crippen LogP contribution in [0.1, 0.15) is 24.0 Å². The van der Waals surface area contributed by atoms with Crippen molar-refractivity contribution in [2.24, 2.45) is 0 Å². The molecule has 0 N–H and O–H groups in total. The first kappa shape index (κ1) is 15.2. The number of benzene rings is 3. The third kappa shape index (κ3) is 2.78. The molecule has 0 aliphatic rings. The Bertz CT molecular complexity index is 748. The Kier molecular flexibility index (Phi) is 4.54. The van der Waals surface area contributed by atoms with E-state index >= 15 is 0 Å². The van der Waals surface area contributed by atoms with Gasteiger partial charge in [-0.05, 0) is 54.7 Å². The van der Waals surface area contributed by atoms with E-state index in [1.165, 1.54) is 32.7 Å². The fraction of sp³-hybridized carbons (Fsp3) is 0.300. The molecule has 0 aliphatic carbocycles. The second kappa shape index (κ2) is 6.58. The quantitative estimate of drug-likeness (QED) is 0.318. The maximum atomic E-state index is 6.24. The van der Waals surface area contributed by atoms with Crippen molar-refractivity contribution in [1.29, 1.82) is 0 Å². The molecule has 0 saturated carbocycles. The number of halogens is 1. The molecule has 2 heteroatoms. The number of hydrogen-bond donors (Lipinski definition) is 0. The summed E-state index contributed by atoms with van der Waals surface area (Å²) in [5, 5.41) is 4.95. The highest BCUT2D eigenvalue weighted by Gasteiger charge is 2.12. The van der Waals surface area contributed by atoms with Crippen LogP contribution in [0.15, 0.2) is 42.5 Å².